The van der Waals surface area contributed by atoms with E-state index in [-0.39, 0.29) is 12.2 Å². The molecule has 5 rings (SSSR count). The number of nitrogens with zero attached hydrogens (tertiary/aromatic N) is 2. The highest BCUT2D eigenvalue weighted by Crippen LogP contribution is 2.36. The highest BCUT2D eigenvalue weighted by Gasteiger charge is 2.35. The van der Waals surface area contributed by atoms with Gasteiger partial charge in [-0.05, 0) is 94.4 Å². The molecule has 10 heteroatoms. The summed E-state index contributed by atoms with van der Waals surface area (Å²) < 4.78 is 21.1. The number of carbonyl (C=O) groups excluding carboxylic acids is 1. The van der Waals surface area contributed by atoms with Gasteiger partial charge in [-0.25, -0.2) is 9.79 Å². The third-order valence-electron chi connectivity index (χ3n) is 6.49. The van der Waals surface area contributed by atoms with Gasteiger partial charge in [0.2, 0.25) is 0 Å². The lowest BCUT2D eigenvalue weighted by Crippen LogP contribution is -2.40. The largest absolute Gasteiger partial charge is 0.496 e. The van der Waals surface area contributed by atoms with Crippen molar-refractivity contribution in [2.75, 3.05) is 13.7 Å². The summed E-state index contributed by atoms with van der Waals surface area (Å²) in [5.74, 6) is 0.868. The predicted molar refractivity (Wildman–Crippen MR) is 176 cm³/mol. The summed E-state index contributed by atoms with van der Waals surface area (Å²) in [4.78, 5) is 32.3. The van der Waals surface area contributed by atoms with Gasteiger partial charge in [0.25, 0.3) is 5.56 Å². The summed E-state index contributed by atoms with van der Waals surface area (Å²) in [7, 11) is 1.57. The van der Waals surface area contributed by atoms with Gasteiger partial charge in [0, 0.05) is 5.56 Å². The van der Waals surface area contributed by atoms with Crippen LogP contribution in [0.5, 0.6) is 11.5 Å². The van der Waals surface area contributed by atoms with Crippen molar-refractivity contribution in [2.45, 2.75) is 26.5 Å². The third kappa shape index (κ3) is 6.14. The Kier molecular flexibility index (Phi) is 9.29. The lowest BCUT2D eigenvalue weighted by atomic mass is 9.95. The van der Waals surface area contributed by atoms with Crippen molar-refractivity contribution in [1.82, 2.24) is 4.57 Å². The molecule has 0 saturated carbocycles. The SMILES string of the molecule is CCOC(=O)C1=C(C)N=c2s/c(=C\c3cc(I)c(OCc4ccccc4)c(I)c3)c(=O)n2C1c1ccccc1OC. The molecule has 0 aliphatic carbocycles. The summed E-state index contributed by atoms with van der Waals surface area (Å²) in [5, 5.41) is 0. The van der Waals surface area contributed by atoms with E-state index in [4.69, 9.17) is 14.2 Å². The number of thiazole rings is 1. The van der Waals surface area contributed by atoms with Gasteiger partial charge >= 0.3 is 5.97 Å². The zero-order chi connectivity index (χ0) is 29.1. The molecule has 0 N–H and O–H groups in total. The number of methoxy groups -OCH3 is 1. The average Bonchev–Trinajstić information content (AvgIpc) is 3.26. The van der Waals surface area contributed by atoms with E-state index >= 15 is 0 Å². The van der Waals surface area contributed by atoms with E-state index in [2.05, 4.69) is 50.2 Å². The molecule has 0 bridgehead atoms. The second kappa shape index (κ2) is 12.9. The first-order chi connectivity index (χ1) is 19.8. The minimum absolute atomic E-state index is 0.209. The van der Waals surface area contributed by atoms with E-state index in [9.17, 15) is 9.59 Å². The van der Waals surface area contributed by atoms with Crippen LogP contribution in [0.2, 0.25) is 0 Å². The monoisotopic (exact) mass is 792 g/mol. The molecule has 1 aliphatic heterocycles. The van der Waals surface area contributed by atoms with E-state index in [1.165, 1.54) is 11.3 Å². The Labute approximate surface area is 268 Å². The highest BCUT2D eigenvalue weighted by atomic mass is 127. The molecule has 0 radical (unpaired) electrons. The van der Waals surface area contributed by atoms with Crippen molar-refractivity contribution in [3.05, 3.63) is 122 Å². The zero-order valence-electron chi connectivity index (χ0n) is 22.5. The summed E-state index contributed by atoms with van der Waals surface area (Å²) in [6.07, 6.45) is 1.86. The van der Waals surface area contributed by atoms with Gasteiger partial charge in [-0.3, -0.25) is 9.36 Å². The number of rotatable bonds is 8. The second-order valence-corrected chi connectivity index (χ2v) is 12.5. The number of allylic oxidation sites excluding steroid dienone is 1. The second-order valence-electron chi connectivity index (χ2n) is 9.13. The van der Waals surface area contributed by atoms with Crippen molar-refractivity contribution in [1.29, 1.82) is 0 Å². The smallest absolute Gasteiger partial charge is 0.338 e. The number of aromatic nitrogens is 1. The Balaban J connectivity index is 1.59. The average molecular weight is 792 g/mol. The summed E-state index contributed by atoms with van der Waals surface area (Å²) >= 11 is 5.81. The number of hydrogen-bond acceptors (Lipinski definition) is 7. The topological polar surface area (TPSA) is 79.1 Å². The van der Waals surface area contributed by atoms with Crippen LogP contribution in [-0.2, 0) is 16.1 Å². The first-order valence-electron chi connectivity index (χ1n) is 12.8. The molecule has 7 nitrogen and oxygen atoms in total. The molecule has 0 fully saturated rings. The van der Waals surface area contributed by atoms with E-state index in [0.717, 1.165) is 24.0 Å². The van der Waals surface area contributed by atoms with Crippen molar-refractivity contribution in [3.8, 4) is 11.5 Å². The maximum atomic E-state index is 14.0. The molecule has 1 aromatic heterocycles. The van der Waals surface area contributed by atoms with Crippen LogP contribution in [-0.4, -0.2) is 24.3 Å². The fourth-order valence-electron chi connectivity index (χ4n) is 4.66. The minimum Gasteiger partial charge on any atom is -0.496 e. The Morgan fingerprint density at radius 2 is 1.76 bits per heavy atom. The summed E-state index contributed by atoms with van der Waals surface area (Å²) in [5.41, 5.74) is 3.23. The number of ether oxygens (including phenoxy) is 3. The van der Waals surface area contributed by atoms with E-state index in [1.54, 1.807) is 25.5 Å². The Hall–Kier alpha value is -2.97. The fraction of sp³-hybridized carbons (Fsp3) is 0.194. The third-order valence-corrected chi connectivity index (χ3v) is 9.08. The van der Waals surface area contributed by atoms with Crippen LogP contribution < -0.4 is 24.4 Å². The molecular weight excluding hydrogens is 766 g/mol. The van der Waals surface area contributed by atoms with Crippen molar-refractivity contribution in [3.63, 3.8) is 0 Å². The van der Waals surface area contributed by atoms with Crippen LogP contribution in [0.1, 0.15) is 36.6 Å². The van der Waals surface area contributed by atoms with Gasteiger partial charge in [0.15, 0.2) is 4.80 Å². The standard InChI is InChI=1S/C31H26I2N2O5S/c1-4-39-30(37)26-18(2)34-31-35(27(26)21-12-8-9-13-24(21)38-3)29(36)25(41-31)16-20-14-22(32)28(23(33)15-20)40-17-19-10-6-5-7-11-19/h5-16,27H,4,17H2,1-3H3/b25-16-. The van der Waals surface area contributed by atoms with Gasteiger partial charge < -0.3 is 14.2 Å². The van der Waals surface area contributed by atoms with Crippen molar-refractivity contribution < 1.29 is 19.0 Å². The maximum absolute atomic E-state index is 14.0. The number of halogens is 2. The normalized spacial score (nSPS) is 14.9. The quantitative estimate of drug-likeness (QED) is 0.172. The van der Waals surface area contributed by atoms with Crippen LogP contribution in [0, 0.1) is 7.14 Å². The first kappa shape index (κ1) is 29.5. The number of fused-ring (bicyclic) bond motifs is 1. The van der Waals surface area contributed by atoms with E-state index in [0.29, 0.717) is 38.5 Å². The van der Waals surface area contributed by atoms with Crippen LogP contribution in [0.3, 0.4) is 0 Å². The molecule has 4 aromatic rings. The minimum atomic E-state index is -0.738. The molecular formula is C31H26I2N2O5S. The lowest BCUT2D eigenvalue weighted by Gasteiger charge is -2.25. The van der Waals surface area contributed by atoms with Gasteiger partial charge in [0.1, 0.15) is 24.1 Å². The van der Waals surface area contributed by atoms with Gasteiger partial charge in [-0.2, -0.15) is 0 Å². The summed E-state index contributed by atoms with van der Waals surface area (Å²) in [6, 6.07) is 20.6. The molecule has 2 heterocycles. The predicted octanol–water partition coefficient (Wildman–Crippen LogP) is 5.60. The molecule has 0 amide bonds. The Morgan fingerprint density at radius 3 is 2.44 bits per heavy atom. The molecule has 0 saturated heterocycles. The fourth-order valence-corrected chi connectivity index (χ4v) is 7.83. The Bertz CT molecular complexity index is 1810. The lowest BCUT2D eigenvalue weighted by molar-refractivity contribution is -0.139. The highest BCUT2D eigenvalue weighted by molar-refractivity contribution is 14.1. The number of hydrogen-bond donors (Lipinski definition) is 0. The maximum Gasteiger partial charge on any atom is 0.338 e. The number of esters is 1. The van der Waals surface area contributed by atoms with Crippen LogP contribution in [0.4, 0.5) is 0 Å². The first-order valence-corrected chi connectivity index (χ1v) is 15.8. The van der Waals surface area contributed by atoms with Gasteiger partial charge in [-0.15, -0.1) is 0 Å². The Morgan fingerprint density at radius 1 is 1.07 bits per heavy atom. The van der Waals surface area contributed by atoms with Crippen molar-refractivity contribution >= 4 is 68.6 Å². The summed E-state index contributed by atoms with van der Waals surface area (Å²) in [6.45, 7) is 4.20. The molecule has 1 aliphatic rings. The van der Waals surface area contributed by atoms with Crippen LogP contribution in [0.25, 0.3) is 6.08 Å². The van der Waals surface area contributed by atoms with E-state index in [1.807, 2.05) is 72.8 Å². The van der Waals surface area contributed by atoms with Crippen LogP contribution in [0.15, 0.2) is 87.8 Å². The molecule has 41 heavy (non-hydrogen) atoms. The molecule has 3 aromatic carbocycles. The number of benzene rings is 3. The van der Waals surface area contributed by atoms with Gasteiger partial charge in [-0.1, -0.05) is 59.9 Å². The zero-order valence-corrected chi connectivity index (χ0v) is 27.7. The number of carbonyl (C=O) groups is 1. The molecule has 1 atom stereocenters. The van der Waals surface area contributed by atoms with Gasteiger partial charge in [0.05, 0.1) is 36.7 Å². The van der Waals surface area contributed by atoms with Crippen LogP contribution >= 0.6 is 56.5 Å². The number of para-hydroxylation sites is 1. The molecule has 210 valence electrons. The molecule has 0 spiro atoms. The van der Waals surface area contributed by atoms with Crippen molar-refractivity contribution in [2.24, 2.45) is 4.99 Å². The molecule has 1 unspecified atom stereocenters. The van der Waals surface area contributed by atoms with E-state index < -0.39 is 12.0 Å².